The number of hydrogen-bond donors (Lipinski definition) is 4. The third-order valence-electron chi connectivity index (χ3n) is 4.06. The zero-order valence-corrected chi connectivity index (χ0v) is 13.9. The molecule has 1 atom stereocenters. The maximum atomic E-state index is 12.4. The van der Waals surface area contributed by atoms with Gasteiger partial charge in [-0.1, -0.05) is 12.1 Å². The SMILES string of the molecule is CNC(=O)c1nc(-c2cccc(C(=O)N[C@@H]3CCNC3)c2)cnc1N. The molecule has 1 aromatic carbocycles. The first kappa shape index (κ1) is 16.8. The fraction of sp³-hybridized carbons (Fsp3) is 0.294. The Kier molecular flexibility index (Phi) is 4.90. The molecule has 1 aliphatic rings. The van der Waals surface area contributed by atoms with Gasteiger partial charge < -0.3 is 21.7 Å². The first-order valence-electron chi connectivity index (χ1n) is 8.05. The maximum absolute atomic E-state index is 12.4. The Morgan fingerprint density at radius 2 is 2.16 bits per heavy atom. The quantitative estimate of drug-likeness (QED) is 0.630. The van der Waals surface area contributed by atoms with E-state index in [-0.39, 0.29) is 23.5 Å². The van der Waals surface area contributed by atoms with E-state index < -0.39 is 5.91 Å². The lowest BCUT2D eigenvalue weighted by molar-refractivity contribution is 0.0937. The molecule has 0 unspecified atom stereocenters. The zero-order valence-electron chi connectivity index (χ0n) is 13.9. The largest absolute Gasteiger partial charge is 0.382 e. The van der Waals surface area contributed by atoms with Crippen LogP contribution in [-0.4, -0.2) is 48.0 Å². The van der Waals surface area contributed by atoms with Crippen molar-refractivity contribution in [2.45, 2.75) is 12.5 Å². The Morgan fingerprint density at radius 1 is 1.32 bits per heavy atom. The standard InChI is InChI=1S/C17H20N6O2/c1-19-17(25)14-15(18)21-9-13(23-14)10-3-2-4-11(7-10)16(24)22-12-5-6-20-8-12/h2-4,7,9,12,20H,5-6,8H2,1H3,(H2,18,21)(H,19,25)(H,22,24)/t12-/m1/s1. The van der Waals surface area contributed by atoms with E-state index in [1.807, 2.05) is 6.07 Å². The summed E-state index contributed by atoms with van der Waals surface area (Å²) in [6.07, 6.45) is 2.41. The van der Waals surface area contributed by atoms with Crippen LogP contribution in [-0.2, 0) is 0 Å². The molecular formula is C17H20N6O2. The fourth-order valence-corrected chi connectivity index (χ4v) is 2.69. The van der Waals surface area contributed by atoms with Gasteiger partial charge in [-0.05, 0) is 25.1 Å². The molecule has 25 heavy (non-hydrogen) atoms. The minimum atomic E-state index is -0.408. The van der Waals surface area contributed by atoms with Gasteiger partial charge >= 0.3 is 0 Å². The minimum Gasteiger partial charge on any atom is -0.382 e. The summed E-state index contributed by atoms with van der Waals surface area (Å²) in [4.78, 5) is 32.5. The van der Waals surface area contributed by atoms with E-state index in [4.69, 9.17) is 5.73 Å². The summed E-state index contributed by atoms with van der Waals surface area (Å²) >= 11 is 0. The fourth-order valence-electron chi connectivity index (χ4n) is 2.69. The van der Waals surface area contributed by atoms with Gasteiger partial charge in [-0.15, -0.1) is 0 Å². The van der Waals surface area contributed by atoms with E-state index in [0.717, 1.165) is 19.5 Å². The summed E-state index contributed by atoms with van der Waals surface area (Å²) < 4.78 is 0. The highest BCUT2D eigenvalue weighted by Crippen LogP contribution is 2.20. The van der Waals surface area contributed by atoms with E-state index in [1.165, 1.54) is 13.2 Å². The summed E-state index contributed by atoms with van der Waals surface area (Å²) in [7, 11) is 1.50. The average molecular weight is 340 g/mol. The molecule has 5 N–H and O–H groups in total. The van der Waals surface area contributed by atoms with Crippen molar-refractivity contribution in [1.82, 2.24) is 25.9 Å². The normalized spacial score (nSPS) is 16.4. The number of nitrogens with one attached hydrogen (secondary N) is 3. The number of benzene rings is 1. The molecule has 2 amide bonds. The maximum Gasteiger partial charge on any atom is 0.273 e. The smallest absolute Gasteiger partial charge is 0.273 e. The first-order chi connectivity index (χ1) is 12.1. The van der Waals surface area contributed by atoms with Crippen molar-refractivity contribution in [3.8, 4) is 11.3 Å². The Labute approximate surface area is 145 Å². The molecule has 0 bridgehead atoms. The Morgan fingerprint density at radius 3 is 2.88 bits per heavy atom. The van der Waals surface area contributed by atoms with Gasteiger partial charge in [-0.2, -0.15) is 0 Å². The Hall–Kier alpha value is -3.00. The lowest BCUT2D eigenvalue weighted by Crippen LogP contribution is -2.36. The van der Waals surface area contributed by atoms with E-state index >= 15 is 0 Å². The predicted octanol–water partition coefficient (Wildman–Crippen LogP) is 0.177. The molecule has 0 aliphatic carbocycles. The van der Waals surface area contributed by atoms with E-state index in [9.17, 15) is 9.59 Å². The second-order valence-electron chi connectivity index (χ2n) is 5.81. The topological polar surface area (TPSA) is 122 Å². The summed E-state index contributed by atoms with van der Waals surface area (Å²) in [5.74, 6) is -0.481. The van der Waals surface area contributed by atoms with Crippen molar-refractivity contribution in [2.75, 3.05) is 25.9 Å². The van der Waals surface area contributed by atoms with Gasteiger partial charge in [0.2, 0.25) is 0 Å². The van der Waals surface area contributed by atoms with Crippen molar-refractivity contribution in [1.29, 1.82) is 0 Å². The highest BCUT2D eigenvalue weighted by molar-refractivity contribution is 5.97. The van der Waals surface area contributed by atoms with Crippen LogP contribution in [0.3, 0.4) is 0 Å². The molecule has 130 valence electrons. The van der Waals surface area contributed by atoms with Crippen LogP contribution < -0.4 is 21.7 Å². The van der Waals surface area contributed by atoms with Gasteiger partial charge in [0, 0.05) is 30.8 Å². The third-order valence-corrected chi connectivity index (χ3v) is 4.06. The van der Waals surface area contributed by atoms with Crippen LogP contribution >= 0.6 is 0 Å². The Bertz CT molecular complexity index is 801. The van der Waals surface area contributed by atoms with Crippen LogP contribution in [0.1, 0.15) is 27.3 Å². The molecular weight excluding hydrogens is 320 g/mol. The molecule has 1 aromatic heterocycles. The van der Waals surface area contributed by atoms with Gasteiger partial charge in [0.15, 0.2) is 11.5 Å². The van der Waals surface area contributed by atoms with Crippen molar-refractivity contribution < 1.29 is 9.59 Å². The molecule has 1 aliphatic heterocycles. The van der Waals surface area contributed by atoms with Crippen LogP contribution in [0.25, 0.3) is 11.3 Å². The average Bonchev–Trinajstić information content (AvgIpc) is 3.14. The highest BCUT2D eigenvalue weighted by Gasteiger charge is 2.18. The lowest BCUT2D eigenvalue weighted by Gasteiger charge is -2.12. The molecule has 0 saturated carbocycles. The number of carbonyl (C=O) groups is 2. The summed E-state index contributed by atoms with van der Waals surface area (Å²) in [6, 6.07) is 7.19. The van der Waals surface area contributed by atoms with Crippen molar-refractivity contribution in [3.05, 3.63) is 41.7 Å². The molecule has 2 aromatic rings. The first-order valence-corrected chi connectivity index (χ1v) is 8.05. The molecule has 8 heteroatoms. The monoisotopic (exact) mass is 340 g/mol. The van der Waals surface area contributed by atoms with Crippen LogP contribution in [0.4, 0.5) is 5.82 Å². The summed E-state index contributed by atoms with van der Waals surface area (Å²) in [5.41, 5.74) is 7.47. The molecule has 1 saturated heterocycles. The molecule has 0 radical (unpaired) electrons. The number of rotatable bonds is 4. The number of nitrogens with zero attached hydrogens (tertiary/aromatic N) is 2. The van der Waals surface area contributed by atoms with E-state index in [0.29, 0.717) is 16.8 Å². The number of nitrogens with two attached hydrogens (primary N) is 1. The van der Waals surface area contributed by atoms with Crippen molar-refractivity contribution in [3.63, 3.8) is 0 Å². The van der Waals surface area contributed by atoms with E-state index in [2.05, 4.69) is 25.9 Å². The Balaban J connectivity index is 1.86. The lowest BCUT2D eigenvalue weighted by atomic mass is 10.1. The number of hydrogen-bond acceptors (Lipinski definition) is 6. The highest BCUT2D eigenvalue weighted by atomic mass is 16.2. The summed E-state index contributed by atoms with van der Waals surface area (Å²) in [6.45, 7) is 1.69. The van der Waals surface area contributed by atoms with Crippen LogP contribution in [0.15, 0.2) is 30.5 Å². The second kappa shape index (κ2) is 7.27. The molecule has 2 heterocycles. The number of amides is 2. The molecule has 0 spiro atoms. The number of anilines is 1. The van der Waals surface area contributed by atoms with Gasteiger partial charge in [0.1, 0.15) is 0 Å². The predicted molar refractivity (Wildman–Crippen MR) is 94.0 cm³/mol. The van der Waals surface area contributed by atoms with Crippen molar-refractivity contribution in [2.24, 2.45) is 0 Å². The van der Waals surface area contributed by atoms with Gasteiger partial charge in [-0.3, -0.25) is 9.59 Å². The van der Waals surface area contributed by atoms with Crippen LogP contribution in [0, 0.1) is 0 Å². The van der Waals surface area contributed by atoms with E-state index in [1.54, 1.807) is 18.2 Å². The third kappa shape index (κ3) is 3.74. The van der Waals surface area contributed by atoms with Crippen LogP contribution in [0.2, 0.25) is 0 Å². The van der Waals surface area contributed by atoms with Crippen molar-refractivity contribution >= 4 is 17.6 Å². The molecule has 8 nitrogen and oxygen atoms in total. The van der Waals surface area contributed by atoms with Gasteiger partial charge in [-0.25, -0.2) is 9.97 Å². The van der Waals surface area contributed by atoms with Gasteiger partial charge in [0.05, 0.1) is 11.9 Å². The second-order valence-corrected chi connectivity index (χ2v) is 5.81. The number of nitrogen functional groups attached to an aromatic ring is 1. The minimum absolute atomic E-state index is 0.0609. The summed E-state index contributed by atoms with van der Waals surface area (Å²) in [5, 5.41) is 8.69. The van der Waals surface area contributed by atoms with Gasteiger partial charge in [0.25, 0.3) is 11.8 Å². The molecule has 1 fully saturated rings. The number of carbonyl (C=O) groups excluding carboxylic acids is 2. The number of aromatic nitrogens is 2. The zero-order chi connectivity index (χ0) is 17.8. The van der Waals surface area contributed by atoms with Crippen LogP contribution in [0.5, 0.6) is 0 Å². The molecule has 3 rings (SSSR count).